The molecule has 0 spiro atoms. The van der Waals surface area contributed by atoms with Gasteiger partial charge in [-0.2, -0.15) is 8.42 Å². The fraction of sp³-hybridized carbons (Fsp3) is 0.250. The van der Waals surface area contributed by atoms with Crippen LogP contribution in [0.25, 0.3) is 0 Å². The standard InChI is InChI=1S/C12H14N4O4S/c1-3-16-7-11(14-8(16)2)21(19,20)15-9-4-5-10(12(17)18)13-6-9/h4-7,15H,3H2,1-2H3,(H,17,18). The molecule has 0 fully saturated rings. The Balaban J connectivity index is 2.26. The molecule has 0 unspecified atom stereocenters. The van der Waals surface area contributed by atoms with E-state index in [-0.39, 0.29) is 16.4 Å². The molecule has 0 atom stereocenters. The van der Waals surface area contributed by atoms with Gasteiger partial charge in [-0.1, -0.05) is 0 Å². The summed E-state index contributed by atoms with van der Waals surface area (Å²) in [6.45, 7) is 4.21. The SMILES string of the molecule is CCn1cc(S(=O)(=O)Nc2ccc(C(=O)O)nc2)nc1C. The van der Waals surface area contributed by atoms with Crippen LogP contribution in [0.3, 0.4) is 0 Å². The first-order valence-electron chi connectivity index (χ1n) is 6.09. The maximum Gasteiger partial charge on any atom is 0.354 e. The van der Waals surface area contributed by atoms with Crippen LogP contribution in [0.5, 0.6) is 0 Å². The number of carboxylic acids is 1. The molecule has 0 aromatic carbocycles. The normalized spacial score (nSPS) is 11.3. The maximum atomic E-state index is 12.2. The summed E-state index contributed by atoms with van der Waals surface area (Å²) in [4.78, 5) is 18.3. The summed E-state index contributed by atoms with van der Waals surface area (Å²) < 4.78 is 28.4. The Hall–Kier alpha value is -2.42. The number of hydrogen-bond acceptors (Lipinski definition) is 5. The van der Waals surface area contributed by atoms with Crippen LogP contribution in [0.2, 0.25) is 0 Å². The first-order valence-corrected chi connectivity index (χ1v) is 7.57. The lowest BCUT2D eigenvalue weighted by molar-refractivity contribution is 0.0690. The van der Waals surface area contributed by atoms with Gasteiger partial charge >= 0.3 is 5.97 Å². The summed E-state index contributed by atoms with van der Waals surface area (Å²) in [6, 6.07) is 2.55. The molecule has 0 aliphatic carbocycles. The van der Waals surface area contributed by atoms with E-state index in [0.29, 0.717) is 12.4 Å². The van der Waals surface area contributed by atoms with Crippen molar-refractivity contribution in [1.82, 2.24) is 14.5 Å². The van der Waals surface area contributed by atoms with Crippen LogP contribution >= 0.6 is 0 Å². The van der Waals surface area contributed by atoms with Crippen molar-refractivity contribution < 1.29 is 18.3 Å². The van der Waals surface area contributed by atoms with Crippen LogP contribution < -0.4 is 4.72 Å². The molecule has 0 aliphatic heterocycles. The van der Waals surface area contributed by atoms with Crippen molar-refractivity contribution in [2.45, 2.75) is 25.4 Å². The van der Waals surface area contributed by atoms with Gasteiger partial charge in [0, 0.05) is 12.7 Å². The predicted octanol–water partition coefficient (Wildman–Crippen LogP) is 1.11. The van der Waals surface area contributed by atoms with Gasteiger partial charge in [0.25, 0.3) is 10.0 Å². The van der Waals surface area contributed by atoms with E-state index in [1.54, 1.807) is 11.5 Å². The van der Waals surface area contributed by atoms with Gasteiger partial charge in [-0.15, -0.1) is 0 Å². The molecule has 0 radical (unpaired) electrons. The van der Waals surface area contributed by atoms with Gasteiger partial charge in [0.1, 0.15) is 11.5 Å². The lowest BCUT2D eigenvalue weighted by Crippen LogP contribution is -2.14. The topological polar surface area (TPSA) is 114 Å². The molecular weight excluding hydrogens is 296 g/mol. The number of aryl methyl sites for hydroxylation is 2. The largest absolute Gasteiger partial charge is 0.477 e. The second-order valence-corrected chi connectivity index (χ2v) is 5.88. The number of aromatic nitrogens is 3. The molecule has 8 nitrogen and oxygen atoms in total. The Kier molecular flexibility index (Phi) is 3.94. The van der Waals surface area contributed by atoms with Gasteiger partial charge < -0.3 is 9.67 Å². The first kappa shape index (κ1) is 15.0. The molecule has 0 saturated carbocycles. The Labute approximate surface area is 121 Å². The van der Waals surface area contributed by atoms with E-state index in [4.69, 9.17) is 5.11 Å². The van der Waals surface area contributed by atoms with Crippen molar-refractivity contribution in [2.24, 2.45) is 0 Å². The fourth-order valence-corrected chi connectivity index (χ4v) is 2.77. The Morgan fingerprint density at radius 1 is 1.43 bits per heavy atom. The average molecular weight is 310 g/mol. The van der Waals surface area contributed by atoms with Crippen molar-refractivity contribution in [1.29, 1.82) is 0 Å². The predicted molar refractivity (Wildman–Crippen MR) is 74.6 cm³/mol. The number of nitrogens with zero attached hydrogens (tertiary/aromatic N) is 3. The first-order chi connectivity index (χ1) is 9.83. The van der Waals surface area contributed by atoms with E-state index in [2.05, 4.69) is 14.7 Å². The fourth-order valence-electron chi connectivity index (χ4n) is 1.72. The Bertz CT molecular complexity index is 765. The van der Waals surface area contributed by atoms with Crippen LogP contribution in [0, 0.1) is 6.92 Å². The highest BCUT2D eigenvalue weighted by Crippen LogP contribution is 2.15. The number of anilines is 1. The van der Waals surface area contributed by atoms with Crippen molar-refractivity contribution >= 4 is 21.7 Å². The van der Waals surface area contributed by atoms with Gasteiger partial charge in [0.15, 0.2) is 5.03 Å². The summed E-state index contributed by atoms with van der Waals surface area (Å²) in [5.74, 6) is -0.584. The van der Waals surface area contributed by atoms with Crippen LogP contribution in [0.15, 0.2) is 29.6 Å². The molecule has 0 saturated heterocycles. The van der Waals surface area contributed by atoms with Crippen LogP contribution in [0.4, 0.5) is 5.69 Å². The molecule has 2 N–H and O–H groups in total. The van der Waals surface area contributed by atoms with Gasteiger partial charge in [0.2, 0.25) is 0 Å². The second-order valence-electron chi connectivity index (χ2n) is 4.26. The van der Waals surface area contributed by atoms with E-state index >= 15 is 0 Å². The summed E-state index contributed by atoms with van der Waals surface area (Å²) in [6.07, 6.45) is 2.58. The number of hydrogen-bond donors (Lipinski definition) is 2. The summed E-state index contributed by atoms with van der Waals surface area (Å²) >= 11 is 0. The molecule has 21 heavy (non-hydrogen) atoms. The molecule has 0 aliphatic rings. The minimum Gasteiger partial charge on any atom is -0.477 e. The number of pyridine rings is 1. The number of imidazole rings is 1. The number of carboxylic acid groups (broad SMARTS) is 1. The number of nitrogens with one attached hydrogen (secondary N) is 1. The molecule has 2 aromatic heterocycles. The van der Waals surface area contributed by atoms with Gasteiger partial charge in [0.05, 0.1) is 11.9 Å². The van der Waals surface area contributed by atoms with Gasteiger partial charge in [-0.25, -0.2) is 14.8 Å². The van der Waals surface area contributed by atoms with Crippen molar-refractivity contribution in [3.63, 3.8) is 0 Å². The minimum absolute atomic E-state index is 0.0934. The summed E-state index contributed by atoms with van der Waals surface area (Å²) in [5, 5.41) is 8.64. The highest BCUT2D eigenvalue weighted by Gasteiger charge is 2.19. The Morgan fingerprint density at radius 2 is 2.14 bits per heavy atom. The zero-order valence-corrected chi connectivity index (χ0v) is 12.3. The van der Waals surface area contributed by atoms with Crippen LogP contribution in [-0.4, -0.2) is 34.0 Å². The van der Waals surface area contributed by atoms with Crippen molar-refractivity contribution in [3.05, 3.63) is 36.0 Å². The maximum absolute atomic E-state index is 12.2. The molecule has 2 heterocycles. The zero-order chi connectivity index (χ0) is 15.6. The zero-order valence-electron chi connectivity index (χ0n) is 11.4. The molecule has 0 amide bonds. The van der Waals surface area contributed by atoms with Crippen LogP contribution in [-0.2, 0) is 16.6 Å². The third-order valence-corrected chi connectivity index (χ3v) is 4.06. The number of sulfonamides is 1. The van der Waals surface area contributed by atoms with Crippen LogP contribution in [0.1, 0.15) is 23.2 Å². The molecule has 2 aromatic rings. The summed E-state index contributed by atoms with van der Waals surface area (Å²) in [5.41, 5.74) is 0.00718. The molecule has 2 rings (SSSR count). The number of carbonyl (C=O) groups is 1. The highest BCUT2D eigenvalue weighted by molar-refractivity contribution is 7.92. The number of rotatable bonds is 5. The van der Waals surface area contributed by atoms with E-state index in [9.17, 15) is 13.2 Å². The quantitative estimate of drug-likeness (QED) is 0.855. The smallest absolute Gasteiger partial charge is 0.354 e. The van der Waals surface area contributed by atoms with Crippen molar-refractivity contribution in [2.75, 3.05) is 4.72 Å². The van der Waals surface area contributed by atoms with Gasteiger partial charge in [-0.3, -0.25) is 4.72 Å². The Morgan fingerprint density at radius 3 is 2.62 bits per heavy atom. The molecule has 9 heteroatoms. The van der Waals surface area contributed by atoms with Gasteiger partial charge in [-0.05, 0) is 26.0 Å². The van der Waals surface area contributed by atoms with E-state index in [1.165, 1.54) is 18.3 Å². The van der Waals surface area contributed by atoms with E-state index in [1.807, 2.05) is 6.92 Å². The monoisotopic (exact) mass is 310 g/mol. The molecule has 0 bridgehead atoms. The lowest BCUT2D eigenvalue weighted by Gasteiger charge is -2.05. The number of aromatic carboxylic acids is 1. The third kappa shape index (κ3) is 3.19. The second kappa shape index (κ2) is 5.52. The lowest BCUT2D eigenvalue weighted by atomic mass is 10.3. The minimum atomic E-state index is -3.83. The van der Waals surface area contributed by atoms with Crippen molar-refractivity contribution in [3.8, 4) is 0 Å². The highest BCUT2D eigenvalue weighted by atomic mass is 32.2. The van der Waals surface area contributed by atoms with E-state index < -0.39 is 16.0 Å². The molecular formula is C12H14N4O4S. The van der Waals surface area contributed by atoms with E-state index in [0.717, 1.165) is 6.20 Å². The summed E-state index contributed by atoms with van der Waals surface area (Å²) in [7, 11) is -3.83. The molecule has 112 valence electrons. The third-order valence-electron chi connectivity index (χ3n) is 2.80. The average Bonchev–Trinajstić information content (AvgIpc) is 2.81.